The number of carboxylic acid groups (broad SMARTS) is 1. The lowest BCUT2D eigenvalue weighted by Crippen LogP contribution is -2.17. The van der Waals surface area contributed by atoms with Gasteiger partial charge in [0.1, 0.15) is 0 Å². The molecule has 0 heterocycles. The summed E-state index contributed by atoms with van der Waals surface area (Å²) in [4.78, 5) is 23.4. The molecular formula is C15H11Cl2NO3. The zero-order chi connectivity index (χ0) is 15.6. The van der Waals surface area contributed by atoms with E-state index in [1.165, 1.54) is 12.1 Å². The number of anilines is 1. The third kappa shape index (κ3) is 3.17. The van der Waals surface area contributed by atoms with Crippen molar-refractivity contribution in [1.82, 2.24) is 0 Å². The van der Waals surface area contributed by atoms with Gasteiger partial charge in [-0.3, -0.25) is 4.79 Å². The monoisotopic (exact) mass is 323 g/mol. The van der Waals surface area contributed by atoms with Gasteiger partial charge in [-0.05, 0) is 36.8 Å². The number of benzene rings is 2. The second-order valence-corrected chi connectivity index (χ2v) is 5.12. The zero-order valence-corrected chi connectivity index (χ0v) is 12.5. The SMILES string of the molecule is Cc1c(NC(=O)c2ccccc2C(=O)O)ccc(Cl)c1Cl. The first-order valence-corrected chi connectivity index (χ1v) is 6.75. The molecule has 108 valence electrons. The van der Waals surface area contributed by atoms with E-state index in [0.717, 1.165) is 0 Å². The normalized spacial score (nSPS) is 10.2. The van der Waals surface area contributed by atoms with Crippen molar-refractivity contribution in [2.24, 2.45) is 0 Å². The molecule has 0 aliphatic carbocycles. The molecule has 0 saturated heterocycles. The Labute approximate surface area is 131 Å². The summed E-state index contributed by atoms with van der Waals surface area (Å²) < 4.78 is 0. The van der Waals surface area contributed by atoms with Gasteiger partial charge in [0.15, 0.2) is 0 Å². The number of carbonyl (C=O) groups is 2. The molecule has 6 heteroatoms. The standard InChI is InChI=1S/C15H11Cl2NO3/c1-8-12(7-6-11(16)13(8)17)18-14(19)9-4-2-3-5-10(9)15(20)21/h2-7H,1H3,(H,18,19)(H,20,21). The van der Waals surface area contributed by atoms with Crippen molar-refractivity contribution in [1.29, 1.82) is 0 Å². The molecule has 0 fully saturated rings. The number of rotatable bonds is 3. The highest BCUT2D eigenvalue weighted by atomic mass is 35.5. The Morgan fingerprint density at radius 3 is 2.29 bits per heavy atom. The van der Waals surface area contributed by atoms with Crippen LogP contribution in [0.1, 0.15) is 26.3 Å². The molecule has 2 rings (SSSR count). The van der Waals surface area contributed by atoms with Crippen LogP contribution in [-0.4, -0.2) is 17.0 Å². The van der Waals surface area contributed by atoms with Crippen molar-refractivity contribution in [3.8, 4) is 0 Å². The highest BCUT2D eigenvalue weighted by Crippen LogP contribution is 2.31. The number of hydrogen-bond acceptors (Lipinski definition) is 2. The molecule has 0 aromatic heterocycles. The molecule has 0 bridgehead atoms. The smallest absolute Gasteiger partial charge is 0.336 e. The maximum absolute atomic E-state index is 12.2. The van der Waals surface area contributed by atoms with Crippen LogP contribution in [0.15, 0.2) is 36.4 Å². The predicted molar refractivity (Wildman–Crippen MR) is 82.6 cm³/mol. The third-order valence-electron chi connectivity index (χ3n) is 2.99. The minimum atomic E-state index is -1.16. The highest BCUT2D eigenvalue weighted by molar-refractivity contribution is 6.42. The summed E-state index contributed by atoms with van der Waals surface area (Å²) in [5.74, 6) is -1.68. The third-order valence-corrected chi connectivity index (χ3v) is 3.89. The zero-order valence-electron chi connectivity index (χ0n) is 11.0. The number of carbonyl (C=O) groups excluding carboxylic acids is 1. The molecule has 2 aromatic rings. The number of nitrogens with one attached hydrogen (secondary N) is 1. The predicted octanol–water partition coefficient (Wildman–Crippen LogP) is 4.25. The first-order chi connectivity index (χ1) is 9.91. The average Bonchev–Trinajstić information content (AvgIpc) is 2.47. The second-order valence-electron chi connectivity index (χ2n) is 4.34. The van der Waals surface area contributed by atoms with E-state index in [9.17, 15) is 9.59 Å². The Kier molecular flexibility index (Phi) is 4.50. The van der Waals surface area contributed by atoms with Gasteiger partial charge in [0, 0.05) is 5.69 Å². The van der Waals surface area contributed by atoms with E-state index >= 15 is 0 Å². The fourth-order valence-electron chi connectivity index (χ4n) is 1.84. The summed E-state index contributed by atoms with van der Waals surface area (Å²) in [6, 6.07) is 9.17. The van der Waals surface area contributed by atoms with Gasteiger partial charge < -0.3 is 10.4 Å². The second kappa shape index (κ2) is 6.16. The van der Waals surface area contributed by atoms with Crippen LogP contribution in [0.25, 0.3) is 0 Å². The molecule has 2 aromatic carbocycles. The minimum absolute atomic E-state index is 0.0623. The number of carboxylic acids is 1. The minimum Gasteiger partial charge on any atom is -0.478 e. The summed E-state index contributed by atoms with van der Waals surface area (Å²) in [5.41, 5.74) is 1.11. The highest BCUT2D eigenvalue weighted by Gasteiger charge is 2.17. The van der Waals surface area contributed by atoms with Gasteiger partial charge in [-0.25, -0.2) is 4.79 Å². The van der Waals surface area contributed by atoms with Crippen LogP contribution in [0.3, 0.4) is 0 Å². The van der Waals surface area contributed by atoms with Crippen molar-refractivity contribution in [2.45, 2.75) is 6.92 Å². The maximum Gasteiger partial charge on any atom is 0.336 e. The van der Waals surface area contributed by atoms with Gasteiger partial charge >= 0.3 is 5.97 Å². The van der Waals surface area contributed by atoms with E-state index in [4.69, 9.17) is 28.3 Å². The molecule has 1 amide bonds. The summed E-state index contributed by atoms with van der Waals surface area (Å²) in [6.45, 7) is 1.72. The van der Waals surface area contributed by atoms with Gasteiger partial charge in [0.05, 0.1) is 21.2 Å². The maximum atomic E-state index is 12.2. The molecule has 2 N–H and O–H groups in total. The first kappa shape index (κ1) is 15.4. The van der Waals surface area contributed by atoms with Crippen LogP contribution in [0, 0.1) is 6.92 Å². The molecular weight excluding hydrogens is 313 g/mol. The van der Waals surface area contributed by atoms with E-state index in [0.29, 0.717) is 21.3 Å². The van der Waals surface area contributed by atoms with Gasteiger partial charge in [0.25, 0.3) is 5.91 Å². The van der Waals surface area contributed by atoms with Crippen LogP contribution in [-0.2, 0) is 0 Å². The summed E-state index contributed by atoms with van der Waals surface area (Å²) in [6.07, 6.45) is 0. The summed E-state index contributed by atoms with van der Waals surface area (Å²) in [7, 11) is 0. The fourth-order valence-corrected chi connectivity index (χ4v) is 2.21. The fraction of sp³-hybridized carbons (Fsp3) is 0.0667. The van der Waals surface area contributed by atoms with E-state index in [2.05, 4.69) is 5.32 Å². The van der Waals surface area contributed by atoms with Gasteiger partial charge in [-0.15, -0.1) is 0 Å². The van der Waals surface area contributed by atoms with Crippen LogP contribution in [0.2, 0.25) is 10.0 Å². The molecule has 0 radical (unpaired) electrons. The molecule has 0 aliphatic heterocycles. The van der Waals surface area contributed by atoms with Gasteiger partial charge in [0.2, 0.25) is 0 Å². The number of hydrogen-bond donors (Lipinski definition) is 2. The molecule has 21 heavy (non-hydrogen) atoms. The van der Waals surface area contributed by atoms with E-state index in [1.54, 1.807) is 31.2 Å². The first-order valence-electron chi connectivity index (χ1n) is 6.00. The summed E-state index contributed by atoms with van der Waals surface area (Å²) in [5, 5.41) is 12.5. The van der Waals surface area contributed by atoms with Crippen LogP contribution in [0.5, 0.6) is 0 Å². The van der Waals surface area contributed by atoms with E-state index < -0.39 is 11.9 Å². The largest absolute Gasteiger partial charge is 0.478 e. The Bertz CT molecular complexity index is 729. The van der Waals surface area contributed by atoms with Crippen molar-refractivity contribution in [3.05, 3.63) is 63.1 Å². The quantitative estimate of drug-likeness (QED) is 0.887. The molecule has 4 nitrogen and oxygen atoms in total. The van der Waals surface area contributed by atoms with Crippen LogP contribution in [0.4, 0.5) is 5.69 Å². The Hall–Kier alpha value is -2.04. The molecule has 0 atom stereocenters. The lowest BCUT2D eigenvalue weighted by molar-refractivity contribution is 0.0692. The molecule has 0 aliphatic rings. The van der Waals surface area contributed by atoms with Crippen LogP contribution >= 0.6 is 23.2 Å². The Morgan fingerprint density at radius 1 is 1.05 bits per heavy atom. The van der Waals surface area contributed by atoms with Crippen molar-refractivity contribution < 1.29 is 14.7 Å². The van der Waals surface area contributed by atoms with E-state index in [1.807, 2.05) is 0 Å². The Morgan fingerprint density at radius 2 is 1.67 bits per heavy atom. The van der Waals surface area contributed by atoms with Gasteiger partial charge in [-0.1, -0.05) is 35.3 Å². The van der Waals surface area contributed by atoms with Crippen molar-refractivity contribution in [3.63, 3.8) is 0 Å². The molecule has 0 saturated carbocycles. The molecule has 0 spiro atoms. The average molecular weight is 324 g/mol. The number of amides is 1. The summed E-state index contributed by atoms with van der Waals surface area (Å²) >= 11 is 11.9. The van der Waals surface area contributed by atoms with Crippen LogP contribution < -0.4 is 5.32 Å². The Balaban J connectivity index is 2.35. The number of aromatic carboxylic acids is 1. The topological polar surface area (TPSA) is 66.4 Å². The van der Waals surface area contributed by atoms with Crippen molar-refractivity contribution >= 4 is 40.8 Å². The lowest BCUT2D eigenvalue weighted by Gasteiger charge is -2.11. The van der Waals surface area contributed by atoms with E-state index in [-0.39, 0.29) is 11.1 Å². The lowest BCUT2D eigenvalue weighted by atomic mass is 10.1. The number of halogens is 2. The van der Waals surface area contributed by atoms with Gasteiger partial charge in [-0.2, -0.15) is 0 Å². The molecule has 0 unspecified atom stereocenters. The van der Waals surface area contributed by atoms with Crippen molar-refractivity contribution in [2.75, 3.05) is 5.32 Å².